The van der Waals surface area contributed by atoms with Crippen molar-refractivity contribution in [3.8, 4) is 0 Å². The van der Waals surface area contributed by atoms with E-state index in [1.54, 1.807) is 12.3 Å². The van der Waals surface area contributed by atoms with E-state index in [0.717, 1.165) is 0 Å². The van der Waals surface area contributed by atoms with E-state index in [4.69, 9.17) is 23.2 Å². The lowest BCUT2D eigenvalue weighted by molar-refractivity contribution is -0.129. The molecule has 138 valence electrons. The Morgan fingerprint density at radius 1 is 1.42 bits per heavy atom. The molecule has 1 heterocycles. The highest BCUT2D eigenvalue weighted by molar-refractivity contribution is 6.34. The van der Waals surface area contributed by atoms with Crippen LogP contribution in [0.1, 0.15) is 38.7 Å². The van der Waals surface area contributed by atoms with Crippen LogP contribution in [-0.2, 0) is 4.79 Å². The number of halogens is 3. The second-order valence-electron chi connectivity index (χ2n) is 5.58. The summed E-state index contributed by atoms with van der Waals surface area (Å²) < 4.78 is 13.6. The zero-order valence-corrected chi connectivity index (χ0v) is 15.9. The molecule has 0 saturated carbocycles. The van der Waals surface area contributed by atoms with Gasteiger partial charge in [-0.1, -0.05) is 36.2 Å². The molecule has 0 aromatic carbocycles. The first-order valence-corrected chi connectivity index (χ1v) is 8.73. The lowest BCUT2D eigenvalue weighted by Gasteiger charge is -2.27. The zero-order valence-electron chi connectivity index (χ0n) is 14.3. The summed E-state index contributed by atoms with van der Waals surface area (Å²) in [6, 6.07) is 1.70. The Labute approximate surface area is 161 Å². The molecule has 1 aromatic heterocycles. The normalized spacial score (nSPS) is 15.8. The summed E-state index contributed by atoms with van der Waals surface area (Å²) in [5.41, 5.74) is 1.72. The van der Waals surface area contributed by atoms with Crippen molar-refractivity contribution in [1.82, 2.24) is 9.99 Å². The molecule has 0 bridgehead atoms. The number of rotatable bonds is 6. The maximum atomic E-state index is 13.6. The summed E-state index contributed by atoms with van der Waals surface area (Å²) in [5.74, 6) is -1.56. The molecule has 2 rings (SSSR count). The van der Waals surface area contributed by atoms with Crippen LogP contribution in [0.15, 0.2) is 52.3 Å². The van der Waals surface area contributed by atoms with Gasteiger partial charge >= 0.3 is 5.97 Å². The quantitative estimate of drug-likeness (QED) is 0.519. The minimum atomic E-state index is -1.15. The van der Waals surface area contributed by atoms with Gasteiger partial charge in [0.15, 0.2) is 0 Å². The van der Waals surface area contributed by atoms with Crippen LogP contribution < -0.4 is 0 Å². The Morgan fingerprint density at radius 3 is 2.73 bits per heavy atom. The molecule has 8 heteroatoms. The summed E-state index contributed by atoms with van der Waals surface area (Å²) in [6.07, 6.45) is 7.54. The molecule has 5 nitrogen and oxygen atoms in total. The van der Waals surface area contributed by atoms with Crippen molar-refractivity contribution in [2.45, 2.75) is 33.1 Å². The summed E-state index contributed by atoms with van der Waals surface area (Å²) in [5, 5.41) is 15.3. The van der Waals surface area contributed by atoms with Crippen LogP contribution in [0.3, 0.4) is 0 Å². The van der Waals surface area contributed by atoms with Crippen molar-refractivity contribution in [1.29, 1.82) is 0 Å². The molecule has 0 saturated heterocycles. The highest BCUT2D eigenvalue weighted by Crippen LogP contribution is 2.34. The van der Waals surface area contributed by atoms with Crippen molar-refractivity contribution < 1.29 is 14.3 Å². The molecule has 0 amide bonds. The molecule has 0 fully saturated rings. The van der Waals surface area contributed by atoms with E-state index < -0.39 is 11.8 Å². The van der Waals surface area contributed by atoms with E-state index in [2.05, 4.69) is 10.1 Å². The van der Waals surface area contributed by atoms with Gasteiger partial charge in [0.2, 0.25) is 0 Å². The monoisotopic (exact) mass is 397 g/mol. The topological polar surface area (TPSA) is 65.8 Å². The van der Waals surface area contributed by atoms with Gasteiger partial charge in [-0.15, -0.1) is 0 Å². The van der Waals surface area contributed by atoms with E-state index >= 15 is 0 Å². The molecule has 0 radical (unpaired) electrons. The fraction of sp³-hybridized carbons (Fsp3) is 0.278. The van der Waals surface area contributed by atoms with Gasteiger partial charge in [0.25, 0.3) is 0 Å². The SMILES string of the molecule is CC/C=C(/c1cncc(Cl)c1)N(/N=C(\C)C(=O)O)C1=CC(Cl)=C(F)CC1. The van der Waals surface area contributed by atoms with Crippen LogP contribution in [-0.4, -0.2) is 26.8 Å². The predicted molar refractivity (Wildman–Crippen MR) is 101 cm³/mol. The van der Waals surface area contributed by atoms with Gasteiger partial charge in [0.05, 0.1) is 15.8 Å². The number of aliphatic carboxylic acids is 1. The number of pyridine rings is 1. The average molecular weight is 398 g/mol. The fourth-order valence-electron chi connectivity index (χ4n) is 2.36. The Hall–Kier alpha value is -2.18. The molecule has 0 aliphatic heterocycles. The summed E-state index contributed by atoms with van der Waals surface area (Å²) in [6.45, 7) is 3.32. The Balaban J connectivity index is 2.61. The molecular weight excluding hydrogens is 380 g/mol. The van der Waals surface area contributed by atoms with Crippen molar-refractivity contribution in [3.63, 3.8) is 0 Å². The lowest BCUT2D eigenvalue weighted by Crippen LogP contribution is -2.22. The van der Waals surface area contributed by atoms with Gasteiger partial charge in [0, 0.05) is 30.1 Å². The highest BCUT2D eigenvalue weighted by atomic mass is 35.5. The minimum Gasteiger partial charge on any atom is -0.477 e. The third-order valence-corrected chi connectivity index (χ3v) is 4.13. The predicted octanol–water partition coefficient (Wildman–Crippen LogP) is 5.35. The van der Waals surface area contributed by atoms with Gasteiger partial charge in [-0.3, -0.25) is 4.98 Å². The minimum absolute atomic E-state index is 0.0144. The Morgan fingerprint density at radius 2 is 2.15 bits per heavy atom. The molecule has 0 spiro atoms. The standard InChI is InChI=1S/C18H18Cl2FN3O2/c1-3-4-17(12-7-13(19)10-22-9-12)24(23-11(2)18(25)26)14-5-6-16(21)15(20)8-14/h4,7-10H,3,5-6H2,1-2H3,(H,25,26)/b17-4-,23-11+. The van der Waals surface area contributed by atoms with E-state index in [9.17, 15) is 14.3 Å². The van der Waals surface area contributed by atoms with Crippen LogP contribution in [0.5, 0.6) is 0 Å². The molecule has 1 aliphatic rings. The molecule has 0 atom stereocenters. The van der Waals surface area contributed by atoms with Crippen molar-refractivity contribution >= 4 is 40.6 Å². The number of carboxylic acids is 1. The molecule has 26 heavy (non-hydrogen) atoms. The number of carbonyl (C=O) groups is 1. The van der Waals surface area contributed by atoms with Crippen LogP contribution in [0, 0.1) is 0 Å². The van der Waals surface area contributed by atoms with Crippen LogP contribution in [0.25, 0.3) is 5.70 Å². The maximum Gasteiger partial charge on any atom is 0.351 e. The van der Waals surface area contributed by atoms with Gasteiger partial charge in [-0.05, 0) is 31.9 Å². The highest BCUT2D eigenvalue weighted by Gasteiger charge is 2.22. The van der Waals surface area contributed by atoms with Gasteiger partial charge in [0.1, 0.15) is 11.5 Å². The van der Waals surface area contributed by atoms with Gasteiger partial charge < -0.3 is 5.11 Å². The van der Waals surface area contributed by atoms with E-state index in [0.29, 0.717) is 34.8 Å². The van der Waals surface area contributed by atoms with E-state index in [1.807, 2.05) is 13.0 Å². The number of hydrazone groups is 1. The average Bonchev–Trinajstić information content (AvgIpc) is 2.60. The van der Waals surface area contributed by atoms with Crippen LogP contribution >= 0.6 is 23.2 Å². The first-order valence-electron chi connectivity index (χ1n) is 7.98. The maximum absolute atomic E-state index is 13.6. The van der Waals surface area contributed by atoms with Crippen molar-refractivity contribution in [2.24, 2.45) is 5.10 Å². The summed E-state index contributed by atoms with van der Waals surface area (Å²) >= 11 is 12.0. The smallest absolute Gasteiger partial charge is 0.351 e. The Kier molecular flexibility index (Phi) is 6.94. The number of aromatic nitrogens is 1. The number of allylic oxidation sites excluding steroid dienone is 5. The number of hydrogen-bond donors (Lipinski definition) is 1. The zero-order chi connectivity index (χ0) is 19.3. The van der Waals surface area contributed by atoms with E-state index in [-0.39, 0.29) is 17.2 Å². The Bertz CT molecular complexity index is 831. The first-order chi connectivity index (χ1) is 12.3. The molecule has 1 aromatic rings. The molecule has 1 aliphatic carbocycles. The molecule has 1 N–H and O–H groups in total. The van der Waals surface area contributed by atoms with E-state index in [1.165, 1.54) is 24.2 Å². The van der Waals surface area contributed by atoms with Crippen LogP contribution in [0.2, 0.25) is 5.02 Å². The van der Waals surface area contributed by atoms with Crippen LogP contribution in [0.4, 0.5) is 4.39 Å². The molecular formula is C18H18Cl2FN3O2. The number of nitrogens with zero attached hydrogens (tertiary/aromatic N) is 3. The second kappa shape index (κ2) is 8.96. The second-order valence-corrected chi connectivity index (χ2v) is 6.42. The third-order valence-electron chi connectivity index (χ3n) is 3.61. The first kappa shape index (κ1) is 20.1. The summed E-state index contributed by atoms with van der Waals surface area (Å²) in [4.78, 5) is 15.4. The molecule has 0 unspecified atom stereocenters. The van der Waals surface area contributed by atoms with Gasteiger partial charge in [-0.25, -0.2) is 14.2 Å². The fourth-order valence-corrected chi connectivity index (χ4v) is 2.75. The number of hydrogen-bond acceptors (Lipinski definition) is 4. The largest absolute Gasteiger partial charge is 0.477 e. The lowest BCUT2D eigenvalue weighted by atomic mass is 10.1. The van der Waals surface area contributed by atoms with Crippen molar-refractivity contribution in [3.05, 3.63) is 57.8 Å². The summed E-state index contributed by atoms with van der Waals surface area (Å²) in [7, 11) is 0. The van der Waals surface area contributed by atoms with Crippen molar-refractivity contribution in [2.75, 3.05) is 0 Å². The van der Waals surface area contributed by atoms with Gasteiger partial charge in [-0.2, -0.15) is 5.10 Å². The third kappa shape index (κ3) is 4.93. The number of carboxylic acid groups (broad SMARTS) is 1.